The van der Waals surface area contributed by atoms with Crippen LogP contribution in [0.4, 0.5) is 0 Å². The summed E-state index contributed by atoms with van der Waals surface area (Å²) in [5.74, 6) is 1.14. The molecule has 0 radical (unpaired) electrons. The maximum atomic E-state index is 13.1. The molecule has 0 bridgehead atoms. The molecule has 0 fully saturated rings. The van der Waals surface area contributed by atoms with Gasteiger partial charge in [0.2, 0.25) is 0 Å². The van der Waals surface area contributed by atoms with Crippen molar-refractivity contribution in [2.75, 3.05) is 35.0 Å². The number of hydrogen-bond donors (Lipinski definition) is 0. The van der Waals surface area contributed by atoms with Crippen LogP contribution in [0, 0.1) is 0 Å². The number of carbonyl (C=O) groups is 2. The average Bonchev–Trinajstić information content (AvgIpc) is 2.75. The molecule has 0 saturated heterocycles. The van der Waals surface area contributed by atoms with Gasteiger partial charge in [-0.05, 0) is 35.9 Å². The SMILES string of the molecule is COC(=O)CCN(Cc1ccc(OC)cc1)C(=O)c1ccc(OC)c(OC)c1. The van der Waals surface area contributed by atoms with Crippen molar-refractivity contribution < 1.29 is 28.5 Å². The van der Waals surface area contributed by atoms with Crippen molar-refractivity contribution in [1.82, 2.24) is 4.90 Å². The number of carbonyl (C=O) groups excluding carboxylic acids is 2. The molecule has 0 N–H and O–H groups in total. The van der Waals surface area contributed by atoms with E-state index in [-0.39, 0.29) is 24.8 Å². The minimum Gasteiger partial charge on any atom is -0.497 e. The Kier molecular flexibility index (Phi) is 7.68. The molecule has 0 aliphatic heterocycles. The van der Waals surface area contributed by atoms with Crippen LogP contribution in [0.3, 0.4) is 0 Å². The zero-order chi connectivity index (χ0) is 20.5. The quantitative estimate of drug-likeness (QED) is 0.616. The van der Waals surface area contributed by atoms with E-state index in [1.807, 2.05) is 24.3 Å². The monoisotopic (exact) mass is 387 g/mol. The molecule has 0 unspecified atom stereocenters. The summed E-state index contributed by atoms with van der Waals surface area (Å²) in [4.78, 5) is 26.3. The minimum atomic E-state index is -0.375. The van der Waals surface area contributed by atoms with Gasteiger partial charge in [-0.1, -0.05) is 12.1 Å². The molecular formula is C21H25NO6. The van der Waals surface area contributed by atoms with E-state index in [0.717, 1.165) is 11.3 Å². The zero-order valence-electron chi connectivity index (χ0n) is 16.6. The molecule has 0 saturated carbocycles. The summed E-state index contributed by atoms with van der Waals surface area (Å²) in [6, 6.07) is 12.4. The molecule has 0 atom stereocenters. The van der Waals surface area contributed by atoms with Crippen LogP contribution in [-0.2, 0) is 16.1 Å². The summed E-state index contributed by atoms with van der Waals surface area (Å²) in [5, 5.41) is 0. The second kappa shape index (κ2) is 10.2. The molecule has 7 heteroatoms. The fraction of sp³-hybridized carbons (Fsp3) is 0.333. The average molecular weight is 387 g/mol. The van der Waals surface area contributed by atoms with Gasteiger partial charge >= 0.3 is 5.97 Å². The molecule has 2 aromatic rings. The van der Waals surface area contributed by atoms with Gasteiger partial charge < -0.3 is 23.8 Å². The Morgan fingerprint density at radius 3 is 2.11 bits per heavy atom. The number of methoxy groups -OCH3 is 4. The Hall–Kier alpha value is -3.22. The van der Waals surface area contributed by atoms with Gasteiger partial charge in [-0.25, -0.2) is 0 Å². The first-order valence-electron chi connectivity index (χ1n) is 8.73. The first-order valence-corrected chi connectivity index (χ1v) is 8.73. The highest BCUT2D eigenvalue weighted by Crippen LogP contribution is 2.28. The molecule has 0 heterocycles. The van der Waals surface area contributed by atoms with Crippen molar-refractivity contribution in [1.29, 1.82) is 0 Å². The Morgan fingerprint density at radius 2 is 1.54 bits per heavy atom. The molecule has 150 valence electrons. The molecular weight excluding hydrogens is 362 g/mol. The highest BCUT2D eigenvalue weighted by molar-refractivity contribution is 5.95. The molecule has 1 amide bonds. The van der Waals surface area contributed by atoms with Crippen LogP contribution in [0.15, 0.2) is 42.5 Å². The maximum absolute atomic E-state index is 13.1. The largest absolute Gasteiger partial charge is 0.497 e. The Morgan fingerprint density at radius 1 is 0.857 bits per heavy atom. The van der Waals surface area contributed by atoms with Gasteiger partial charge in [-0.3, -0.25) is 9.59 Å². The third-order valence-electron chi connectivity index (χ3n) is 4.26. The van der Waals surface area contributed by atoms with Crippen molar-refractivity contribution >= 4 is 11.9 Å². The molecule has 0 spiro atoms. The van der Waals surface area contributed by atoms with Crippen LogP contribution in [0.25, 0.3) is 0 Å². The summed E-state index contributed by atoms with van der Waals surface area (Å²) < 4.78 is 20.4. The van der Waals surface area contributed by atoms with E-state index in [4.69, 9.17) is 18.9 Å². The Balaban J connectivity index is 2.25. The van der Waals surface area contributed by atoms with Gasteiger partial charge in [0.05, 0.1) is 34.9 Å². The lowest BCUT2D eigenvalue weighted by atomic mass is 10.1. The Labute approximate surface area is 164 Å². The molecule has 7 nitrogen and oxygen atoms in total. The number of nitrogens with zero attached hydrogens (tertiary/aromatic N) is 1. The van der Waals surface area contributed by atoms with E-state index in [1.54, 1.807) is 30.2 Å². The van der Waals surface area contributed by atoms with Crippen LogP contribution in [0.1, 0.15) is 22.3 Å². The van der Waals surface area contributed by atoms with Crippen LogP contribution in [-0.4, -0.2) is 51.8 Å². The summed E-state index contributed by atoms with van der Waals surface area (Å²) in [6.07, 6.45) is 0.103. The van der Waals surface area contributed by atoms with Crippen molar-refractivity contribution in [3.63, 3.8) is 0 Å². The van der Waals surface area contributed by atoms with Gasteiger partial charge in [0.25, 0.3) is 5.91 Å². The summed E-state index contributed by atoms with van der Waals surface area (Å²) in [5.41, 5.74) is 1.36. The summed E-state index contributed by atoms with van der Waals surface area (Å²) in [6.45, 7) is 0.569. The van der Waals surface area contributed by atoms with Gasteiger partial charge in [-0.2, -0.15) is 0 Å². The first kappa shape index (κ1) is 21.1. The molecule has 0 aliphatic rings. The number of esters is 1. The van der Waals surface area contributed by atoms with Crippen molar-refractivity contribution in [2.24, 2.45) is 0 Å². The van der Waals surface area contributed by atoms with Crippen LogP contribution >= 0.6 is 0 Å². The van der Waals surface area contributed by atoms with E-state index in [2.05, 4.69) is 0 Å². The highest BCUT2D eigenvalue weighted by atomic mass is 16.5. The zero-order valence-corrected chi connectivity index (χ0v) is 16.6. The van der Waals surface area contributed by atoms with Crippen molar-refractivity contribution in [3.8, 4) is 17.2 Å². The minimum absolute atomic E-state index is 0.103. The van der Waals surface area contributed by atoms with Crippen LogP contribution in [0.5, 0.6) is 17.2 Å². The predicted octanol–water partition coefficient (Wildman–Crippen LogP) is 2.92. The molecule has 0 aliphatic carbocycles. The van der Waals surface area contributed by atoms with Gasteiger partial charge in [0, 0.05) is 18.7 Å². The highest BCUT2D eigenvalue weighted by Gasteiger charge is 2.19. The second-order valence-electron chi connectivity index (χ2n) is 5.97. The summed E-state index contributed by atoms with van der Waals surface area (Å²) >= 11 is 0. The van der Waals surface area contributed by atoms with E-state index in [1.165, 1.54) is 21.3 Å². The standard InChI is InChI=1S/C21H25NO6/c1-25-17-8-5-15(6-9-17)14-22(12-11-20(23)28-4)21(24)16-7-10-18(26-2)19(13-16)27-3/h5-10,13H,11-12,14H2,1-4H3. The second-order valence-corrected chi connectivity index (χ2v) is 5.97. The lowest BCUT2D eigenvalue weighted by Crippen LogP contribution is -2.32. The number of amides is 1. The van der Waals surface area contributed by atoms with Gasteiger partial charge in [0.1, 0.15) is 5.75 Å². The fourth-order valence-electron chi connectivity index (χ4n) is 2.68. The fourth-order valence-corrected chi connectivity index (χ4v) is 2.68. The van der Waals surface area contributed by atoms with Crippen molar-refractivity contribution in [3.05, 3.63) is 53.6 Å². The smallest absolute Gasteiger partial charge is 0.307 e. The van der Waals surface area contributed by atoms with E-state index in [0.29, 0.717) is 23.6 Å². The van der Waals surface area contributed by atoms with Crippen molar-refractivity contribution in [2.45, 2.75) is 13.0 Å². The molecule has 28 heavy (non-hydrogen) atoms. The first-order chi connectivity index (χ1) is 13.5. The van der Waals surface area contributed by atoms with Crippen LogP contribution < -0.4 is 14.2 Å². The Bertz CT molecular complexity index is 803. The predicted molar refractivity (Wildman–Crippen MR) is 104 cm³/mol. The lowest BCUT2D eigenvalue weighted by Gasteiger charge is -2.23. The molecule has 2 aromatic carbocycles. The molecule has 2 rings (SSSR count). The van der Waals surface area contributed by atoms with E-state index < -0.39 is 0 Å². The lowest BCUT2D eigenvalue weighted by molar-refractivity contribution is -0.140. The number of rotatable bonds is 9. The third-order valence-corrected chi connectivity index (χ3v) is 4.26. The summed E-state index contributed by atoms with van der Waals surface area (Å²) in [7, 11) is 5.97. The number of benzene rings is 2. The van der Waals surface area contributed by atoms with Gasteiger partial charge in [0.15, 0.2) is 11.5 Å². The number of ether oxygens (including phenoxy) is 4. The van der Waals surface area contributed by atoms with Crippen LogP contribution in [0.2, 0.25) is 0 Å². The maximum Gasteiger partial charge on any atom is 0.307 e. The molecule has 0 aromatic heterocycles. The number of hydrogen-bond acceptors (Lipinski definition) is 6. The van der Waals surface area contributed by atoms with E-state index >= 15 is 0 Å². The van der Waals surface area contributed by atoms with Gasteiger partial charge in [-0.15, -0.1) is 0 Å². The normalized spacial score (nSPS) is 10.1. The van der Waals surface area contributed by atoms with E-state index in [9.17, 15) is 9.59 Å². The third kappa shape index (κ3) is 5.39. The topological polar surface area (TPSA) is 74.3 Å².